The monoisotopic (exact) mass is 1000 g/mol. The topological polar surface area (TPSA) is 108 Å². The molecule has 0 aromatic heterocycles. The first kappa shape index (κ1) is 67.5. The van der Waals surface area contributed by atoms with Crippen molar-refractivity contribution in [2.75, 3.05) is 47.5 Å². The molecule has 70 heavy (non-hydrogen) atoms. The predicted octanol–water partition coefficient (Wildman–Crippen LogP) is 17.7. The molecule has 9 nitrogen and oxygen atoms in total. The van der Waals surface area contributed by atoms with Crippen LogP contribution < -0.4 is 0 Å². The number of hydrogen-bond donors (Lipinski definition) is 1. The van der Waals surface area contributed by atoms with E-state index in [1.165, 1.54) is 161 Å². The van der Waals surface area contributed by atoms with Crippen LogP contribution in [0.5, 0.6) is 0 Å². The number of carbonyl (C=O) groups is 2. The molecule has 0 aliphatic rings. The van der Waals surface area contributed by atoms with Crippen molar-refractivity contribution in [3.8, 4) is 0 Å². The Balaban J connectivity index is 4.01. The molecule has 0 heterocycles. The molecule has 10 heteroatoms. The molecule has 0 aromatic carbocycles. The average molecular weight is 1000 g/mol. The number of ether oxygens (including phenoxy) is 2. The Bertz CT molecular complexity index is 1410. The summed E-state index contributed by atoms with van der Waals surface area (Å²) in [6, 6.07) is 0. The Labute approximate surface area is 431 Å². The summed E-state index contributed by atoms with van der Waals surface area (Å²) in [5, 5.41) is 0. The quantitative estimate of drug-likeness (QED) is 0.0211. The van der Waals surface area contributed by atoms with Gasteiger partial charge in [0.15, 0.2) is 6.10 Å². The Morgan fingerprint density at radius 3 is 1.27 bits per heavy atom. The molecule has 2 atom stereocenters. The van der Waals surface area contributed by atoms with Gasteiger partial charge in [-0.25, -0.2) is 4.57 Å². The van der Waals surface area contributed by atoms with Crippen LogP contribution in [0.25, 0.3) is 0 Å². The highest BCUT2D eigenvalue weighted by Crippen LogP contribution is 2.43. The lowest BCUT2D eigenvalue weighted by molar-refractivity contribution is -0.870. The van der Waals surface area contributed by atoms with E-state index in [9.17, 15) is 19.0 Å². The van der Waals surface area contributed by atoms with Gasteiger partial charge < -0.3 is 18.9 Å². The number of nitrogens with zero attached hydrogens (tertiary/aromatic N) is 1. The van der Waals surface area contributed by atoms with E-state index in [0.29, 0.717) is 17.4 Å². The normalized spacial score (nSPS) is 13.9. The van der Waals surface area contributed by atoms with Gasteiger partial charge in [0, 0.05) is 12.8 Å². The number of rotatable bonds is 52. The molecular weight excluding hydrogens is 894 g/mol. The molecule has 0 rings (SSSR count). The first-order valence-corrected chi connectivity index (χ1v) is 30.2. The number of esters is 2. The first-order valence-electron chi connectivity index (χ1n) is 28.7. The maximum atomic E-state index is 12.7. The summed E-state index contributed by atoms with van der Waals surface area (Å²) in [5.41, 5.74) is 0. The number of carbonyl (C=O) groups excluding carboxylic acids is 2. The van der Waals surface area contributed by atoms with Crippen LogP contribution in [0, 0.1) is 0 Å². The number of quaternary nitrogens is 1. The summed E-state index contributed by atoms with van der Waals surface area (Å²) in [5.74, 6) is -0.889. The van der Waals surface area contributed by atoms with Gasteiger partial charge in [-0.3, -0.25) is 18.6 Å². The number of likely N-dealkylation sites (N-methyl/N-ethyl adjacent to an activating group) is 1. The van der Waals surface area contributed by atoms with E-state index in [-0.39, 0.29) is 32.0 Å². The van der Waals surface area contributed by atoms with Crippen LogP contribution in [0.2, 0.25) is 0 Å². The van der Waals surface area contributed by atoms with Crippen molar-refractivity contribution in [2.45, 2.75) is 251 Å². The van der Waals surface area contributed by atoms with Crippen molar-refractivity contribution in [1.29, 1.82) is 0 Å². The van der Waals surface area contributed by atoms with Gasteiger partial charge in [-0.2, -0.15) is 0 Å². The van der Waals surface area contributed by atoms with Gasteiger partial charge in [-0.1, -0.05) is 234 Å². The highest BCUT2D eigenvalue weighted by atomic mass is 31.2. The molecule has 2 unspecified atom stereocenters. The number of phosphoric acid groups is 1. The van der Waals surface area contributed by atoms with Crippen molar-refractivity contribution in [3.63, 3.8) is 0 Å². The summed E-state index contributed by atoms with van der Waals surface area (Å²) >= 11 is 0. The van der Waals surface area contributed by atoms with Crippen molar-refractivity contribution < 1.29 is 42.1 Å². The fraction of sp³-hybridized carbons (Fsp3) is 0.767. The summed E-state index contributed by atoms with van der Waals surface area (Å²) in [4.78, 5) is 35.5. The molecule has 0 aromatic rings. The van der Waals surface area contributed by atoms with E-state index in [1.54, 1.807) is 0 Å². The molecule has 406 valence electrons. The number of unbranched alkanes of at least 4 members (excludes halogenated alkanes) is 26. The Hall–Kier alpha value is -2.55. The molecule has 0 aliphatic carbocycles. The highest BCUT2D eigenvalue weighted by Gasteiger charge is 2.27. The molecule has 0 bridgehead atoms. The van der Waals surface area contributed by atoms with E-state index < -0.39 is 26.5 Å². The fourth-order valence-corrected chi connectivity index (χ4v) is 8.57. The molecular formula is C60H109NO8P+. The zero-order chi connectivity index (χ0) is 51.3. The van der Waals surface area contributed by atoms with Crippen molar-refractivity contribution in [3.05, 3.63) is 72.9 Å². The number of phosphoric ester groups is 1. The van der Waals surface area contributed by atoms with Crippen LogP contribution in [0.3, 0.4) is 0 Å². The number of hydrogen-bond acceptors (Lipinski definition) is 7. The smallest absolute Gasteiger partial charge is 0.462 e. The molecule has 0 spiro atoms. The SMILES string of the molecule is CC/C=C\C/C=C\C/C=C\C/C=C\CCC(=O)OC(COC(=O)CCCCCCCCCCCCCCCCCCCCCCC/C=C\C/C=C\CCCCCCC)COP(=O)(O)OCC[N+](C)(C)C. The third-order valence-corrected chi connectivity index (χ3v) is 13.2. The highest BCUT2D eigenvalue weighted by molar-refractivity contribution is 7.47. The van der Waals surface area contributed by atoms with Gasteiger partial charge >= 0.3 is 19.8 Å². The maximum absolute atomic E-state index is 12.7. The fourth-order valence-electron chi connectivity index (χ4n) is 7.83. The maximum Gasteiger partial charge on any atom is 0.472 e. The second kappa shape index (κ2) is 51.4. The molecule has 0 fully saturated rings. The molecule has 0 aliphatic heterocycles. The van der Waals surface area contributed by atoms with Gasteiger partial charge in [0.2, 0.25) is 0 Å². The van der Waals surface area contributed by atoms with Crippen LogP contribution in [0.4, 0.5) is 0 Å². The molecule has 1 N–H and O–H groups in total. The lowest BCUT2D eigenvalue weighted by atomic mass is 10.0. The molecule has 0 amide bonds. The van der Waals surface area contributed by atoms with Gasteiger partial charge in [0.1, 0.15) is 19.8 Å². The van der Waals surface area contributed by atoms with E-state index >= 15 is 0 Å². The van der Waals surface area contributed by atoms with E-state index in [0.717, 1.165) is 51.4 Å². The standard InChI is InChI=1S/C60H108NO8P/c1-6-8-10-12-14-16-18-20-21-22-23-24-25-26-27-28-29-30-31-32-33-34-35-36-37-38-39-41-42-44-46-48-50-52-59(62)66-56-58(57-68-70(64,65)67-55-54-61(3,4)5)69-60(63)53-51-49-47-45-43-40-19-17-15-13-11-9-7-2/h9,11,15,17-18,20,22-23,40,43,47,49,58H,6-8,10,12-14,16,19,21,24-39,41-42,44-46,48,50-57H2,1-5H3/p+1/b11-9-,17-15-,20-18-,23-22-,43-40-,49-47-. The summed E-state index contributed by atoms with van der Waals surface area (Å²) in [6.07, 6.45) is 67.4. The lowest BCUT2D eigenvalue weighted by Crippen LogP contribution is -2.37. The van der Waals surface area contributed by atoms with Gasteiger partial charge in [0.25, 0.3) is 0 Å². The summed E-state index contributed by atoms with van der Waals surface area (Å²) in [7, 11) is 1.43. The van der Waals surface area contributed by atoms with Gasteiger partial charge in [-0.15, -0.1) is 0 Å². The zero-order valence-electron chi connectivity index (χ0n) is 46.0. The Morgan fingerprint density at radius 2 is 0.843 bits per heavy atom. The third-order valence-electron chi connectivity index (χ3n) is 12.2. The first-order chi connectivity index (χ1) is 34.0. The van der Waals surface area contributed by atoms with Crippen molar-refractivity contribution in [1.82, 2.24) is 0 Å². The van der Waals surface area contributed by atoms with Gasteiger partial charge in [0.05, 0.1) is 27.7 Å². The minimum atomic E-state index is -4.40. The second-order valence-electron chi connectivity index (χ2n) is 20.3. The van der Waals surface area contributed by atoms with Crippen LogP contribution in [0.1, 0.15) is 245 Å². The predicted molar refractivity (Wildman–Crippen MR) is 298 cm³/mol. The number of allylic oxidation sites excluding steroid dienone is 12. The summed E-state index contributed by atoms with van der Waals surface area (Å²) in [6.45, 7) is 4.23. The average Bonchev–Trinajstić information content (AvgIpc) is 3.32. The minimum absolute atomic E-state index is 0.0175. The van der Waals surface area contributed by atoms with Crippen molar-refractivity contribution in [2.24, 2.45) is 0 Å². The Morgan fingerprint density at radius 1 is 0.457 bits per heavy atom. The second-order valence-corrected chi connectivity index (χ2v) is 21.7. The molecule has 0 saturated carbocycles. The van der Waals surface area contributed by atoms with E-state index in [1.807, 2.05) is 33.3 Å². The van der Waals surface area contributed by atoms with Crippen LogP contribution in [-0.2, 0) is 32.7 Å². The van der Waals surface area contributed by atoms with Crippen LogP contribution in [-0.4, -0.2) is 74.9 Å². The van der Waals surface area contributed by atoms with Gasteiger partial charge in [-0.05, 0) is 70.6 Å². The summed E-state index contributed by atoms with van der Waals surface area (Å²) < 4.78 is 34.3. The third kappa shape index (κ3) is 54.8. The zero-order valence-corrected chi connectivity index (χ0v) is 46.9. The molecule has 0 radical (unpaired) electrons. The molecule has 0 saturated heterocycles. The van der Waals surface area contributed by atoms with Crippen molar-refractivity contribution >= 4 is 19.8 Å². The van der Waals surface area contributed by atoms with Crippen LogP contribution >= 0.6 is 7.82 Å². The van der Waals surface area contributed by atoms with E-state index in [2.05, 4.69) is 74.6 Å². The lowest BCUT2D eigenvalue weighted by Gasteiger charge is -2.24. The Kier molecular flexibility index (Phi) is 49.5. The van der Waals surface area contributed by atoms with Crippen LogP contribution in [0.15, 0.2) is 72.9 Å². The largest absolute Gasteiger partial charge is 0.472 e. The minimum Gasteiger partial charge on any atom is -0.462 e. The van der Waals surface area contributed by atoms with E-state index in [4.69, 9.17) is 18.5 Å².